The van der Waals surface area contributed by atoms with Crippen molar-refractivity contribution in [2.45, 2.75) is 20.4 Å². The van der Waals surface area contributed by atoms with Crippen molar-refractivity contribution in [1.29, 1.82) is 0 Å². The van der Waals surface area contributed by atoms with Crippen LogP contribution in [0.25, 0.3) is 33.3 Å². The summed E-state index contributed by atoms with van der Waals surface area (Å²) in [5, 5.41) is 1.19. The number of nitrogens with two attached hydrogens (primary N) is 1. The van der Waals surface area contributed by atoms with Crippen LogP contribution in [0.2, 0.25) is 0 Å². The number of aryl methyl sites for hydroxylation is 1. The van der Waals surface area contributed by atoms with Gasteiger partial charge in [0.25, 0.3) is 0 Å². The molecular weight excluding hydrogens is 312 g/mol. The highest BCUT2D eigenvalue weighted by molar-refractivity contribution is 5.95. The van der Waals surface area contributed by atoms with Gasteiger partial charge in [0, 0.05) is 28.7 Å². The summed E-state index contributed by atoms with van der Waals surface area (Å²) in [6.45, 7) is 6.06. The van der Waals surface area contributed by atoms with Gasteiger partial charge in [-0.3, -0.25) is 0 Å². The lowest BCUT2D eigenvalue weighted by atomic mass is 10.1. The van der Waals surface area contributed by atoms with Gasteiger partial charge >= 0.3 is 0 Å². The molecule has 0 radical (unpaired) electrons. The summed E-state index contributed by atoms with van der Waals surface area (Å²) >= 11 is 0. The summed E-state index contributed by atoms with van der Waals surface area (Å²) in [4.78, 5) is 17.8. The maximum atomic E-state index is 5.98. The molecule has 0 unspecified atom stereocenters. The monoisotopic (exact) mass is 334 g/mol. The molecule has 4 rings (SSSR count). The van der Waals surface area contributed by atoms with Crippen LogP contribution in [0.5, 0.6) is 0 Å². The number of aromatic amines is 2. The number of benzene rings is 1. The molecule has 0 spiro atoms. The number of fused-ring (bicyclic) bond motifs is 2. The molecule has 3 aromatic heterocycles. The molecule has 4 N–H and O–H groups in total. The van der Waals surface area contributed by atoms with Crippen LogP contribution in [0.15, 0.2) is 30.3 Å². The second-order valence-corrected chi connectivity index (χ2v) is 6.55. The van der Waals surface area contributed by atoms with Crippen molar-refractivity contribution < 1.29 is 0 Å². The number of hydrogen-bond donors (Lipinski definition) is 3. The van der Waals surface area contributed by atoms with E-state index in [1.807, 2.05) is 13.0 Å². The number of hydrogen-bond acceptors (Lipinski definition) is 4. The zero-order chi connectivity index (χ0) is 17.6. The molecule has 0 bridgehead atoms. The van der Waals surface area contributed by atoms with Crippen molar-refractivity contribution in [3.63, 3.8) is 0 Å². The SMILES string of the molecule is CCN(C)Cc1ccc2[nH]c(-c3cc(N)nc4[nH]c(C)nc34)cc2c1. The van der Waals surface area contributed by atoms with E-state index in [0.29, 0.717) is 5.82 Å². The quantitative estimate of drug-likeness (QED) is 0.533. The third-order valence-electron chi connectivity index (χ3n) is 4.56. The van der Waals surface area contributed by atoms with Gasteiger partial charge in [0.1, 0.15) is 17.2 Å². The zero-order valence-corrected chi connectivity index (χ0v) is 14.7. The Morgan fingerprint density at radius 1 is 1.12 bits per heavy atom. The Bertz CT molecular complexity index is 1060. The van der Waals surface area contributed by atoms with Crippen LogP contribution in [0, 0.1) is 6.92 Å². The lowest BCUT2D eigenvalue weighted by molar-refractivity contribution is 0.346. The summed E-state index contributed by atoms with van der Waals surface area (Å²) in [6, 6.07) is 10.6. The van der Waals surface area contributed by atoms with E-state index in [0.717, 1.165) is 46.9 Å². The fourth-order valence-electron chi connectivity index (χ4n) is 3.18. The molecule has 0 saturated carbocycles. The molecular formula is C19H22N6. The van der Waals surface area contributed by atoms with Crippen LogP contribution in [-0.4, -0.2) is 38.4 Å². The molecule has 0 saturated heterocycles. The molecule has 0 aliphatic carbocycles. The van der Waals surface area contributed by atoms with Crippen LogP contribution < -0.4 is 5.73 Å². The first-order chi connectivity index (χ1) is 12.0. The van der Waals surface area contributed by atoms with E-state index in [4.69, 9.17) is 5.73 Å². The Morgan fingerprint density at radius 3 is 2.76 bits per heavy atom. The van der Waals surface area contributed by atoms with E-state index >= 15 is 0 Å². The molecule has 0 fully saturated rings. The Balaban J connectivity index is 1.82. The average molecular weight is 334 g/mol. The second-order valence-electron chi connectivity index (χ2n) is 6.55. The molecule has 1 aromatic carbocycles. The van der Waals surface area contributed by atoms with Crippen LogP contribution in [0.4, 0.5) is 5.82 Å². The van der Waals surface area contributed by atoms with Crippen LogP contribution >= 0.6 is 0 Å². The number of nitrogens with zero attached hydrogens (tertiary/aromatic N) is 3. The molecule has 6 nitrogen and oxygen atoms in total. The van der Waals surface area contributed by atoms with Crippen molar-refractivity contribution in [2.24, 2.45) is 0 Å². The molecule has 128 valence electrons. The second kappa shape index (κ2) is 5.89. The first-order valence-corrected chi connectivity index (χ1v) is 8.47. The van der Waals surface area contributed by atoms with Gasteiger partial charge in [0.2, 0.25) is 0 Å². The van der Waals surface area contributed by atoms with Gasteiger partial charge in [0.05, 0.1) is 0 Å². The fraction of sp³-hybridized carbons (Fsp3) is 0.263. The maximum Gasteiger partial charge on any atom is 0.160 e. The maximum absolute atomic E-state index is 5.98. The van der Waals surface area contributed by atoms with Crippen LogP contribution in [-0.2, 0) is 6.54 Å². The molecule has 0 atom stereocenters. The average Bonchev–Trinajstić information content (AvgIpc) is 3.15. The summed E-state index contributed by atoms with van der Waals surface area (Å²) in [5.41, 5.74) is 11.9. The van der Waals surface area contributed by atoms with Gasteiger partial charge < -0.3 is 20.6 Å². The Hall–Kier alpha value is -2.86. The fourth-order valence-corrected chi connectivity index (χ4v) is 3.18. The normalized spacial score (nSPS) is 11.8. The molecule has 3 heterocycles. The lowest BCUT2D eigenvalue weighted by Gasteiger charge is -2.13. The number of rotatable bonds is 4. The van der Waals surface area contributed by atoms with E-state index in [1.54, 1.807) is 0 Å². The van der Waals surface area contributed by atoms with E-state index in [-0.39, 0.29) is 0 Å². The number of anilines is 1. The zero-order valence-electron chi connectivity index (χ0n) is 14.7. The largest absolute Gasteiger partial charge is 0.384 e. The minimum atomic E-state index is 0.482. The number of nitrogens with one attached hydrogen (secondary N) is 2. The lowest BCUT2D eigenvalue weighted by Crippen LogP contribution is -2.16. The summed E-state index contributed by atoms with van der Waals surface area (Å²) in [5.74, 6) is 1.31. The van der Waals surface area contributed by atoms with Crippen molar-refractivity contribution in [3.05, 3.63) is 41.7 Å². The van der Waals surface area contributed by atoms with E-state index in [9.17, 15) is 0 Å². The van der Waals surface area contributed by atoms with Crippen LogP contribution in [0.1, 0.15) is 18.3 Å². The van der Waals surface area contributed by atoms with Crippen molar-refractivity contribution >= 4 is 27.9 Å². The highest BCUT2D eigenvalue weighted by Crippen LogP contribution is 2.30. The molecule has 6 heteroatoms. The number of nitrogen functional groups attached to an aromatic ring is 1. The van der Waals surface area contributed by atoms with Crippen molar-refractivity contribution in [2.75, 3.05) is 19.3 Å². The minimum Gasteiger partial charge on any atom is -0.384 e. The Labute approximate surface area is 146 Å². The standard InChI is InChI=1S/C19H22N6/c1-4-25(3)10-12-5-6-15-13(7-12)8-16(23-15)14-9-17(20)24-19-18(14)21-11(2)22-19/h5-9,23H,4,10H2,1-3H3,(H3,20,21,22,24). The summed E-state index contributed by atoms with van der Waals surface area (Å²) in [6.07, 6.45) is 0. The molecule has 0 amide bonds. The third kappa shape index (κ3) is 2.85. The smallest absolute Gasteiger partial charge is 0.160 e. The van der Waals surface area contributed by atoms with Gasteiger partial charge in [-0.05, 0) is 50.3 Å². The Kier molecular flexibility index (Phi) is 3.69. The van der Waals surface area contributed by atoms with Crippen molar-refractivity contribution in [3.8, 4) is 11.3 Å². The molecule has 4 aromatic rings. The summed E-state index contributed by atoms with van der Waals surface area (Å²) in [7, 11) is 2.13. The molecule has 0 aliphatic heterocycles. The highest BCUT2D eigenvalue weighted by Gasteiger charge is 2.13. The third-order valence-corrected chi connectivity index (χ3v) is 4.56. The predicted octanol–water partition coefficient (Wildman–Crippen LogP) is 3.45. The number of H-pyrrole nitrogens is 2. The first-order valence-electron chi connectivity index (χ1n) is 8.47. The molecule has 0 aliphatic rings. The molecule has 25 heavy (non-hydrogen) atoms. The highest BCUT2D eigenvalue weighted by atomic mass is 15.1. The van der Waals surface area contributed by atoms with Crippen LogP contribution in [0.3, 0.4) is 0 Å². The van der Waals surface area contributed by atoms with E-state index in [1.165, 1.54) is 10.9 Å². The van der Waals surface area contributed by atoms with Gasteiger partial charge in [-0.15, -0.1) is 0 Å². The van der Waals surface area contributed by atoms with E-state index < -0.39 is 0 Å². The topological polar surface area (TPSA) is 86.6 Å². The first kappa shape index (κ1) is 15.7. The van der Waals surface area contributed by atoms with Gasteiger partial charge in [-0.25, -0.2) is 9.97 Å². The number of aromatic nitrogens is 4. The summed E-state index contributed by atoms with van der Waals surface area (Å²) < 4.78 is 0. The van der Waals surface area contributed by atoms with E-state index in [2.05, 4.69) is 63.1 Å². The van der Waals surface area contributed by atoms with Crippen molar-refractivity contribution in [1.82, 2.24) is 24.8 Å². The predicted molar refractivity (Wildman–Crippen MR) is 102 cm³/mol. The minimum absolute atomic E-state index is 0.482. The van der Waals surface area contributed by atoms with Gasteiger partial charge in [-0.2, -0.15) is 0 Å². The Morgan fingerprint density at radius 2 is 1.96 bits per heavy atom. The number of pyridine rings is 1. The van der Waals surface area contributed by atoms with Gasteiger partial charge in [0.15, 0.2) is 5.65 Å². The van der Waals surface area contributed by atoms with Gasteiger partial charge in [-0.1, -0.05) is 13.0 Å². The number of imidazole rings is 1.